The number of methoxy groups -OCH3 is 1. The Balaban J connectivity index is 0.00000391. The van der Waals surface area contributed by atoms with Gasteiger partial charge in [0, 0.05) is 12.1 Å². The number of alkyl halides is 2. The summed E-state index contributed by atoms with van der Waals surface area (Å²) in [4.78, 5) is 29.9. The van der Waals surface area contributed by atoms with Crippen LogP contribution in [0.2, 0.25) is 0 Å². The van der Waals surface area contributed by atoms with Crippen molar-refractivity contribution in [1.82, 2.24) is 5.32 Å². The van der Waals surface area contributed by atoms with Crippen LogP contribution in [0.1, 0.15) is 44.2 Å². The average Bonchev–Trinajstić information content (AvgIpc) is 2.95. The fourth-order valence-corrected chi connectivity index (χ4v) is 3.96. The van der Waals surface area contributed by atoms with Gasteiger partial charge in [0.1, 0.15) is 18.6 Å². The van der Waals surface area contributed by atoms with Crippen molar-refractivity contribution in [2.45, 2.75) is 45.2 Å². The van der Waals surface area contributed by atoms with Crippen LogP contribution >= 0.6 is 9.24 Å². The summed E-state index contributed by atoms with van der Waals surface area (Å²) in [6, 6.07) is 12.3. The first-order chi connectivity index (χ1) is 19.2. The van der Waals surface area contributed by atoms with Gasteiger partial charge in [0.2, 0.25) is 6.41 Å². The van der Waals surface area contributed by atoms with Gasteiger partial charge >= 0.3 is 0 Å². The Labute approximate surface area is 236 Å². The molecule has 0 bridgehead atoms. The number of rotatable bonds is 14. The fourth-order valence-electron chi connectivity index (χ4n) is 3.75. The first kappa shape index (κ1) is 34.1. The van der Waals surface area contributed by atoms with Gasteiger partial charge < -0.3 is 24.9 Å². The quantitative estimate of drug-likeness (QED) is 0.0444. The normalized spacial score (nSPS) is 11.8. The van der Waals surface area contributed by atoms with Crippen LogP contribution in [-0.2, 0) is 20.8 Å². The molecule has 0 saturated heterocycles. The lowest BCUT2D eigenvalue weighted by Gasteiger charge is -2.18. The second kappa shape index (κ2) is 17.6. The summed E-state index contributed by atoms with van der Waals surface area (Å²) >= 11 is 0. The number of carbonyl (C=O) groups is 2. The summed E-state index contributed by atoms with van der Waals surface area (Å²) in [7, 11) is 4.40. The molecule has 40 heavy (non-hydrogen) atoms. The van der Waals surface area contributed by atoms with Crippen molar-refractivity contribution in [3.8, 4) is 24.3 Å². The van der Waals surface area contributed by atoms with Gasteiger partial charge in [0.15, 0.2) is 5.84 Å². The molecular weight excluding hydrogens is 539 g/mol. The van der Waals surface area contributed by atoms with E-state index < -0.39 is 11.6 Å². The molecule has 0 radical (unpaired) electrons. The van der Waals surface area contributed by atoms with E-state index in [9.17, 15) is 18.4 Å². The molecule has 216 valence electrons. The lowest BCUT2D eigenvalue weighted by Crippen LogP contribution is -2.32. The third kappa shape index (κ3) is 10.7. The number of nitrogens with one attached hydrogen (secondary N) is 2. The highest BCUT2D eigenvalue weighted by atomic mass is 31.0. The Hall–Kier alpha value is -3.96. The van der Waals surface area contributed by atoms with Crippen molar-refractivity contribution in [1.29, 1.82) is 0 Å². The molecular formula is C29H36F2N3O5P. The van der Waals surface area contributed by atoms with Gasteiger partial charge in [-0.1, -0.05) is 40.4 Å². The van der Waals surface area contributed by atoms with E-state index in [1.807, 2.05) is 26.0 Å². The van der Waals surface area contributed by atoms with Crippen LogP contribution in [0.25, 0.3) is 5.57 Å². The number of nitrogens with zero attached hydrogens (tertiary/aromatic N) is 1. The number of ether oxygens (including phenoxy) is 2. The molecule has 0 spiro atoms. The molecule has 0 aliphatic heterocycles. The largest absolute Gasteiger partial charge is 0.497 e. The van der Waals surface area contributed by atoms with Gasteiger partial charge in [0.25, 0.3) is 11.6 Å². The van der Waals surface area contributed by atoms with Gasteiger partial charge in [-0.15, -0.1) is 12.8 Å². The minimum absolute atomic E-state index is 0.0449. The van der Waals surface area contributed by atoms with E-state index in [0.717, 1.165) is 11.1 Å². The maximum atomic E-state index is 13.7. The SMILES string of the molecule is C#C.CC/C(=C(C(=O)Nc1ccc(OCCCC(F)(F)P)cc1CC)/C(=N/OC)NC=O)c1ccc(OC)cc1. The van der Waals surface area contributed by atoms with Crippen molar-refractivity contribution in [3.05, 3.63) is 59.2 Å². The van der Waals surface area contributed by atoms with Crippen molar-refractivity contribution >= 4 is 38.7 Å². The van der Waals surface area contributed by atoms with Crippen LogP contribution in [0.15, 0.2) is 53.2 Å². The lowest BCUT2D eigenvalue weighted by molar-refractivity contribution is -0.112. The highest BCUT2D eigenvalue weighted by Crippen LogP contribution is 2.29. The van der Waals surface area contributed by atoms with E-state index in [4.69, 9.17) is 14.3 Å². The minimum Gasteiger partial charge on any atom is -0.497 e. The Bertz CT molecular complexity index is 1190. The Morgan fingerprint density at radius 3 is 2.27 bits per heavy atom. The molecule has 2 aromatic carbocycles. The second-order valence-electron chi connectivity index (χ2n) is 8.16. The molecule has 2 amide bonds. The van der Waals surface area contributed by atoms with Gasteiger partial charge in [-0.2, -0.15) is 0 Å². The van der Waals surface area contributed by atoms with Gasteiger partial charge in [-0.05, 0) is 66.3 Å². The van der Waals surface area contributed by atoms with Crippen molar-refractivity contribution in [3.63, 3.8) is 0 Å². The zero-order valence-corrected chi connectivity index (χ0v) is 24.3. The summed E-state index contributed by atoms with van der Waals surface area (Å²) in [6.45, 7) is 3.94. The van der Waals surface area contributed by atoms with E-state index in [-0.39, 0.29) is 30.9 Å². The van der Waals surface area contributed by atoms with Crippen LogP contribution in [-0.4, -0.2) is 44.6 Å². The molecule has 0 heterocycles. The number of amidine groups is 1. The molecule has 8 nitrogen and oxygen atoms in total. The van der Waals surface area contributed by atoms with E-state index in [0.29, 0.717) is 42.0 Å². The number of hydrogen-bond donors (Lipinski definition) is 2. The number of benzene rings is 2. The molecule has 1 atom stereocenters. The number of carbonyl (C=O) groups excluding carboxylic acids is 2. The molecule has 0 fully saturated rings. The first-order valence-electron chi connectivity index (χ1n) is 12.4. The number of allylic oxidation sites excluding steroid dienone is 1. The van der Waals surface area contributed by atoms with E-state index in [1.54, 1.807) is 37.4 Å². The fraction of sp³-hybridized carbons (Fsp3) is 0.345. The Morgan fingerprint density at radius 1 is 1.10 bits per heavy atom. The van der Waals surface area contributed by atoms with E-state index >= 15 is 0 Å². The third-order valence-electron chi connectivity index (χ3n) is 5.56. The predicted octanol–water partition coefficient (Wildman–Crippen LogP) is 5.64. The average molecular weight is 576 g/mol. The summed E-state index contributed by atoms with van der Waals surface area (Å²) < 4.78 is 36.9. The minimum atomic E-state index is -2.82. The summed E-state index contributed by atoms with van der Waals surface area (Å²) in [5.74, 6) is 0.619. The maximum Gasteiger partial charge on any atom is 0.259 e. The van der Waals surface area contributed by atoms with Crippen LogP contribution in [0, 0.1) is 12.8 Å². The maximum absolute atomic E-state index is 13.7. The monoisotopic (exact) mass is 575 g/mol. The molecule has 2 N–H and O–H groups in total. The number of oxime groups is 1. The summed E-state index contributed by atoms with van der Waals surface area (Å²) in [5, 5.41) is 9.25. The van der Waals surface area contributed by atoms with Crippen molar-refractivity contribution < 1.29 is 32.7 Å². The highest BCUT2D eigenvalue weighted by Gasteiger charge is 2.24. The second-order valence-corrected chi connectivity index (χ2v) is 9.00. The topological polar surface area (TPSA) is 98.3 Å². The lowest BCUT2D eigenvalue weighted by atomic mass is 9.95. The summed E-state index contributed by atoms with van der Waals surface area (Å²) in [6.07, 6.45) is 9.33. The number of aryl methyl sites for hydroxylation is 1. The number of anilines is 1. The van der Waals surface area contributed by atoms with Crippen molar-refractivity contribution in [2.75, 3.05) is 26.1 Å². The van der Waals surface area contributed by atoms with Crippen molar-refractivity contribution in [2.24, 2.45) is 5.16 Å². The number of halogens is 2. The number of hydrogen-bond acceptors (Lipinski definition) is 6. The number of amides is 2. The van der Waals surface area contributed by atoms with Crippen LogP contribution in [0.3, 0.4) is 0 Å². The molecule has 11 heteroatoms. The molecule has 0 saturated carbocycles. The van der Waals surface area contributed by atoms with Gasteiger partial charge in [-0.3, -0.25) is 9.59 Å². The third-order valence-corrected chi connectivity index (χ3v) is 5.85. The van der Waals surface area contributed by atoms with E-state index in [1.165, 1.54) is 16.3 Å². The Morgan fingerprint density at radius 2 is 1.75 bits per heavy atom. The number of terminal acetylenes is 1. The van der Waals surface area contributed by atoms with E-state index in [2.05, 4.69) is 28.6 Å². The standard InChI is InChI=1S/C27H34F2N3O5P.C2H2/c1-5-18-16-21(37-15-7-14-27(28,29)38)12-13-23(18)31-26(34)24(25(30-17-33)32-36-4)22(6-2)19-8-10-20(35-3)11-9-19;1-2/h8-13,16-17H,5-7,14-15,38H2,1-4H3,(H,31,34)(H,30,32,33);1-2H/b24-22+;. The zero-order chi connectivity index (χ0) is 30.1. The summed E-state index contributed by atoms with van der Waals surface area (Å²) in [5.41, 5.74) is -0.00370. The van der Waals surface area contributed by atoms with Gasteiger partial charge in [-0.25, -0.2) is 8.78 Å². The molecule has 0 aliphatic rings. The molecule has 0 aliphatic carbocycles. The molecule has 2 rings (SSSR count). The molecule has 0 aromatic heterocycles. The Kier molecular flexibility index (Phi) is 15.0. The smallest absolute Gasteiger partial charge is 0.259 e. The van der Waals surface area contributed by atoms with Crippen LogP contribution < -0.4 is 20.1 Å². The molecule has 1 unspecified atom stereocenters. The first-order valence-corrected chi connectivity index (χ1v) is 13.0. The zero-order valence-electron chi connectivity index (χ0n) is 23.1. The van der Waals surface area contributed by atoms with Crippen LogP contribution in [0.4, 0.5) is 14.5 Å². The highest BCUT2D eigenvalue weighted by molar-refractivity contribution is 7.18. The van der Waals surface area contributed by atoms with Crippen LogP contribution in [0.5, 0.6) is 11.5 Å². The molecule has 2 aromatic rings. The van der Waals surface area contributed by atoms with Gasteiger partial charge in [0.05, 0.1) is 19.3 Å². The predicted molar refractivity (Wildman–Crippen MR) is 158 cm³/mol.